The van der Waals surface area contributed by atoms with Crippen molar-refractivity contribution in [1.82, 2.24) is 0 Å². The molecule has 1 unspecified atom stereocenters. The van der Waals surface area contributed by atoms with Crippen LogP contribution >= 0.6 is 0 Å². The van der Waals surface area contributed by atoms with E-state index in [4.69, 9.17) is 4.74 Å². The van der Waals surface area contributed by atoms with Crippen LogP contribution in [-0.4, -0.2) is 13.2 Å². The van der Waals surface area contributed by atoms with Crippen molar-refractivity contribution >= 4 is 0 Å². The molecule has 3 atom stereocenters. The van der Waals surface area contributed by atoms with Gasteiger partial charge in [0.1, 0.15) is 0 Å². The van der Waals surface area contributed by atoms with Gasteiger partial charge in [0.2, 0.25) is 0 Å². The maximum absolute atomic E-state index is 5.40. The fourth-order valence-electron chi connectivity index (χ4n) is 2.46. The van der Waals surface area contributed by atoms with E-state index in [0.29, 0.717) is 5.41 Å². The van der Waals surface area contributed by atoms with Crippen molar-refractivity contribution in [2.24, 2.45) is 17.3 Å². The number of rotatable bonds is 0. The van der Waals surface area contributed by atoms with Crippen molar-refractivity contribution in [3.8, 4) is 0 Å². The van der Waals surface area contributed by atoms with Crippen LogP contribution in [0.3, 0.4) is 0 Å². The first-order chi connectivity index (χ1) is 4.42. The highest BCUT2D eigenvalue weighted by Crippen LogP contribution is 2.62. The molecule has 1 spiro atoms. The highest BCUT2D eigenvalue weighted by Gasteiger charge is 2.59. The molecule has 3 aliphatic rings. The van der Waals surface area contributed by atoms with Gasteiger partial charge in [0, 0.05) is 5.41 Å². The first kappa shape index (κ1) is 4.51. The van der Waals surface area contributed by atoms with E-state index in [1.165, 1.54) is 6.42 Å². The third-order valence-corrected chi connectivity index (χ3v) is 3.30. The van der Waals surface area contributed by atoms with Gasteiger partial charge in [0.05, 0.1) is 13.2 Å². The summed E-state index contributed by atoms with van der Waals surface area (Å²) in [6, 6.07) is 0. The summed E-state index contributed by atoms with van der Waals surface area (Å²) in [7, 11) is 0. The average Bonchev–Trinajstić information content (AvgIpc) is 2.23. The zero-order valence-electron chi connectivity index (χ0n) is 5.34. The summed E-state index contributed by atoms with van der Waals surface area (Å²) >= 11 is 0. The Morgan fingerprint density at radius 3 is 3.00 bits per heavy atom. The Morgan fingerprint density at radius 2 is 2.56 bits per heavy atom. The third kappa shape index (κ3) is 0.304. The molecule has 1 heterocycles. The van der Waals surface area contributed by atoms with E-state index in [1.54, 1.807) is 0 Å². The van der Waals surface area contributed by atoms with E-state index < -0.39 is 0 Å². The number of hydrogen-bond acceptors (Lipinski definition) is 1. The molecule has 2 fully saturated rings. The summed E-state index contributed by atoms with van der Waals surface area (Å²) in [5.41, 5.74) is 0.569. The molecule has 0 bridgehead atoms. The van der Waals surface area contributed by atoms with Crippen molar-refractivity contribution in [3.63, 3.8) is 0 Å². The SMILES string of the molecule is C1=CC23COC[C@H]2C[C@H]13. The number of allylic oxidation sites excluding steroid dienone is 1. The minimum atomic E-state index is 0.569. The topological polar surface area (TPSA) is 9.23 Å². The molecule has 0 N–H and O–H groups in total. The largest absolute Gasteiger partial charge is 0.380 e. The lowest BCUT2D eigenvalue weighted by molar-refractivity contribution is 0.0418. The Bertz CT molecular complexity index is 185. The van der Waals surface area contributed by atoms with Gasteiger partial charge < -0.3 is 4.74 Å². The molecule has 0 amide bonds. The van der Waals surface area contributed by atoms with Gasteiger partial charge >= 0.3 is 0 Å². The van der Waals surface area contributed by atoms with E-state index in [-0.39, 0.29) is 0 Å². The normalized spacial score (nSPS) is 59.6. The summed E-state index contributed by atoms with van der Waals surface area (Å²) in [6.07, 6.45) is 6.10. The predicted molar refractivity (Wildman–Crippen MR) is 34.0 cm³/mol. The second-order valence-corrected chi connectivity index (χ2v) is 3.53. The van der Waals surface area contributed by atoms with Crippen LogP contribution in [0.15, 0.2) is 12.2 Å². The van der Waals surface area contributed by atoms with Crippen LogP contribution in [0.1, 0.15) is 6.42 Å². The molecule has 0 aromatic rings. The summed E-state index contributed by atoms with van der Waals surface area (Å²) < 4.78 is 5.40. The van der Waals surface area contributed by atoms with Crippen molar-refractivity contribution in [2.75, 3.05) is 13.2 Å². The summed E-state index contributed by atoms with van der Waals surface area (Å²) in [4.78, 5) is 0. The summed E-state index contributed by atoms with van der Waals surface area (Å²) in [5, 5.41) is 0. The third-order valence-electron chi connectivity index (χ3n) is 3.30. The van der Waals surface area contributed by atoms with Crippen LogP contribution in [0.2, 0.25) is 0 Å². The zero-order chi connectivity index (χ0) is 5.90. The molecule has 9 heavy (non-hydrogen) atoms. The van der Waals surface area contributed by atoms with E-state index in [9.17, 15) is 0 Å². The van der Waals surface area contributed by atoms with Crippen LogP contribution in [0, 0.1) is 17.3 Å². The molecule has 48 valence electrons. The molecule has 1 saturated heterocycles. The van der Waals surface area contributed by atoms with E-state index in [0.717, 1.165) is 25.0 Å². The maximum atomic E-state index is 5.40. The molecule has 1 heteroatoms. The Balaban J connectivity index is 2.05. The first-order valence-corrected chi connectivity index (χ1v) is 3.69. The van der Waals surface area contributed by atoms with Crippen molar-refractivity contribution in [3.05, 3.63) is 12.2 Å². The lowest BCUT2D eigenvalue weighted by Crippen LogP contribution is -2.51. The van der Waals surface area contributed by atoms with Gasteiger partial charge in [-0.1, -0.05) is 12.2 Å². The van der Waals surface area contributed by atoms with Crippen molar-refractivity contribution in [2.45, 2.75) is 6.42 Å². The van der Waals surface area contributed by atoms with Crippen molar-refractivity contribution in [1.29, 1.82) is 0 Å². The first-order valence-electron chi connectivity index (χ1n) is 3.69. The van der Waals surface area contributed by atoms with Crippen molar-refractivity contribution < 1.29 is 4.74 Å². The Labute approximate surface area is 54.7 Å². The monoisotopic (exact) mass is 122 g/mol. The summed E-state index contributed by atoms with van der Waals surface area (Å²) in [6.45, 7) is 2.04. The minimum absolute atomic E-state index is 0.569. The predicted octanol–water partition coefficient (Wildman–Crippen LogP) is 1.21. The molecule has 1 aliphatic heterocycles. The van der Waals surface area contributed by atoms with Crippen LogP contribution in [-0.2, 0) is 4.74 Å². The molecule has 3 rings (SSSR count). The molecule has 2 aliphatic carbocycles. The average molecular weight is 122 g/mol. The van der Waals surface area contributed by atoms with Gasteiger partial charge in [-0.05, 0) is 18.3 Å². The standard InChI is InChI=1S/C8H10O/c1-2-8-5-9-4-7(8)3-6(1)8/h1-2,6-7H,3-5H2/t6-,7+,8?/m0/s1. The number of ether oxygens (including phenoxy) is 1. The molecular formula is C8H10O. The van der Waals surface area contributed by atoms with Crippen LogP contribution in [0.25, 0.3) is 0 Å². The highest BCUT2D eigenvalue weighted by molar-refractivity contribution is 5.29. The van der Waals surface area contributed by atoms with Crippen LogP contribution < -0.4 is 0 Å². The minimum Gasteiger partial charge on any atom is -0.380 e. The lowest BCUT2D eigenvalue weighted by atomic mass is 9.48. The molecule has 0 radical (unpaired) electrons. The van der Waals surface area contributed by atoms with Gasteiger partial charge in [-0.15, -0.1) is 0 Å². The van der Waals surface area contributed by atoms with Gasteiger partial charge in [0.25, 0.3) is 0 Å². The van der Waals surface area contributed by atoms with Gasteiger partial charge in [-0.25, -0.2) is 0 Å². The Hall–Kier alpha value is -0.300. The molecule has 1 nitrogen and oxygen atoms in total. The fraction of sp³-hybridized carbons (Fsp3) is 0.750. The Kier molecular flexibility index (Phi) is 0.552. The van der Waals surface area contributed by atoms with E-state index >= 15 is 0 Å². The quantitative estimate of drug-likeness (QED) is 0.439. The van der Waals surface area contributed by atoms with E-state index in [2.05, 4.69) is 12.2 Å². The fourth-order valence-corrected chi connectivity index (χ4v) is 2.46. The zero-order valence-corrected chi connectivity index (χ0v) is 5.34. The Morgan fingerprint density at radius 1 is 1.56 bits per heavy atom. The molecular weight excluding hydrogens is 112 g/mol. The molecule has 0 aromatic carbocycles. The molecule has 0 aromatic heterocycles. The smallest absolute Gasteiger partial charge is 0.0566 e. The van der Waals surface area contributed by atoms with Gasteiger partial charge in [-0.2, -0.15) is 0 Å². The highest BCUT2D eigenvalue weighted by atomic mass is 16.5. The van der Waals surface area contributed by atoms with Gasteiger partial charge in [-0.3, -0.25) is 0 Å². The summed E-state index contributed by atoms with van der Waals surface area (Å²) in [5.74, 6) is 1.80. The second-order valence-electron chi connectivity index (χ2n) is 3.53. The second kappa shape index (κ2) is 1.10. The number of hydrogen-bond donors (Lipinski definition) is 0. The van der Waals surface area contributed by atoms with Crippen LogP contribution in [0.5, 0.6) is 0 Å². The lowest BCUT2D eigenvalue weighted by Gasteiger charge is -2.54. The molecule has 1 saturated carbocycles. The van der Waals surface area contributed by atoms with E-state index in [1.807, 2.05) is 0 Å². The maximum Gasteiger partial charge on any atom is 0.0566 e. The van der Waals surface area contributed by atoms with Gasteiger partial charge in [0.15, 0.2) is 0 Å². The van der Waals surface area contributed by atoms with Crippen LogP contribution in [0.4, 0.5) is 0 Å².